The second-order valence-corrected chi connectivity index (χ2v) is 10.2. The van der Waals surface area contributed by atoms with E-state index in [4.69, 9.17) is 21.1 Å². The fourth-order valence-corrected chi connectivity index (χ4v) is 5.11. The van der Waals surface area contributed by atoms with Gasteiger partial charge < -0.3 is 14.8 Å². The van der Waals surface area contributed by atoms with Crippen molar-refractivity contribution in [2.45, 2.75) is 6.92 Å². The summed E-state index contributed by atoms with van der Waals surface area (Å²) in [5.41, 5.74) is 0.804. The van der Waals surface area contributed by atoms with Gasteiger partial charge in [-0.3, -0.25) is 19.7 Å². The molecule has 3 aromatic carbocycles. The second-order valence-electron chi connectivity index (χ2n) is 8.03. The van der Waals surface area contributed by atoms with Crippen molar-refractivity contribution in [2.24, 2.45) is 0 Å². The minimum atomic E-state index is -0.878. The predicted molar refractivity (Wildman–Crippen MR) is 154 cm³/mol. The molecule has 1 fully saturated rings. The average molecular weight is 678 g/mol. The fraction of sp³-hybridized carbons (Fsp3) is 0.111. The Morgan fingerprint density at radius 3 is 2.38 bits per heavy atom. The molecule has 5 amide bonds. The Hall–Kier alpha value is -3.67. The van der Waals surface area contributed by atoms with Gasteiger partial charge in [0.05, 0.1) is 16.8 Å². The first-order valence-electron chi connectivity index (χ1n) is 11.5. The van der Waals surface area contributed by atoms with Crippen LogP contribution in [0.15, 0.2) is 75.2 Å². The third-order valence-corrected chi connectivity index (χ3v) is 6.62. The zero-order chi connectivity index (χ0) is 28.1. The number of amides is 5. The van der Waals surface area contributed by atoms with Crippen LogP contribution in [0, 0.1) is 0 Å². The van der Waals surface area contributed by atoms with Crippen molar-refractivity contribution in [3.8, 4) is 11.5 Å². The molecule has 0 radical (unpaired) electrons. The van der Waals surface area contributed by atoms with Gasteiger partial charge in [0.1, 0.15) is 17.1 Å². The minimum absolute atomic E-state index is 0.210. The van der Waals surface area contributed by atoms with Crippen LogP contribution in [0.2, 0.25) is 5.02 Å². The maximum Gasteiger partial charge on any atom is 0.335 e. The molecule has 0 aromatic heterocycles. The van der Waals surface area contributed by atoms with Gasteiger partial charge in [0.2, 0.25) is 0 Å². The quantitative estimate of drug-likeness (QED) is 0.225. The number of benzene rings is 3. The summed E-state index contributed by atoms with van der Waals surface area (Å²) < 4.78 is 12.3. The molecule has 0 atom stereocenters. The molecule has 0 aliphatic carbocycles. The van der Waals surface area contributed by atoms with Gasteiger partial charge in [0.15, 0.2) is 6.61 Å². The summed E-state index contributed by atoms with van der Waals surface area (Å²) in [4.78, 5) is 51.9. The number of barbiturate groups is 1. The van der Waals surface area contributed by atoms with Crippen LogP contribution >= 0.6 is 43.5 Å². The van der Waals surface area contributed by atoms with Crippen LogP contribution in [-0.2, 0) is 14.4 Å². The van der Waals surface area contributed by atoms with Gasteiger partial charge >= 0.3 is 6.03 Å². The Bertz CT molecular complexity index is 1480. The highest BCUT2D eigenvalue weighted by Crippen LogP contribution is 2.35. The van der Waals surface area contributed by atoms with E-state index in [0.29, 0.717) is 37.6 Å². The number of carbonyl (C=O) groups is 4. The predicted octanol–water partition coefficient (Wildman–Crippen LogP) is 5.95. The molecule has 9 nitrogen and oxygen atoms in total. The number of nitrogens with one attached hydrogen (secondary N) is 2. The Labute approximate surface area is 245 Å². The van der Waals surface area contributed by atoms with Gasteiger partial charge in [-0.2, -0.15) is 0 Å². The monoisotopic (exact) mass is 675 g/mol. The molecule has 0 bridgehead atoms. The maximum atomic E-state index is 13.3. The van der Waals surface area contributed by atoms with Crippen molar-refractivity contribution >= 4 is 84.7 Å². The largest absolute Gasteiger partial charge is 0.494 e. The third-order valence-electron chi connectivity index (χ3n) is 5.32. The SMILES string of the molecule is CCOc1ccc(N2C(=O)NC(=O)/C(=C\c3cc(Br)cc(Br)c3OCC(=O)Nc3ccc(Cl)cc3)C2=O)cc1. The number of hydrogen-bond acceptors (Lipinski definition) is 6. The lowest BCUT2D eigenvalue weighted by Gasteiger charge is -2.26. The summed E-state index contributed by atoms with van der Waals surface area (Å²) >= 11 is 12.7. The molecule has 3 aromatic rings. The topological polar surface area (TPSA) is 114 Å². The lowest BCUT2D eigenvalue weighted by atomic mass is 10.1. The zero-order valence-electron chi connectivity index (χ0n) is 20.3. The number of halogens is 3. The minimum Gasteiger partial charge on any atom is -0.494 e. The lowest BCUT2D eigenvalue weighted by molar-refractivity contribution is -0.122. The maximum absolute atomic E-state index is 13.3. The highest BCUT2D eigenvalue weighted by Gasteiger charge is 2.37. The highest BCUT2D eigenvalue weighted by molar-refractivity contribution is 9.11. The smallest absolute Gasteiger partial charge is 0.335 e. The number of anilines is 2. The number of hydrogen-bond donors (Lipinski definition) is 2. The van der Waals surface area contributed by atoms with Crippen LogP contribution in [0.25, 0.3) is 6.08 Å². The highest BCUT2D eigenvalue weighted by atomic mass is 79.9. The first kappa shape index (κ1) is 28.3. The van der Waals surface area contributed by atoms with Crippen molar-refractivity contribution in [3.05, 3.63) is 85.8 Å². The van der Waals surface area contributed by atoms with Gasteiger partial charge in [-0.25, -0.2) is 9.69 Å². The normalized spacial score (nSPS) is 14.3. The van der Waals surface area contributed by atoms with E-state index in [-0.39, 0.29) is 23.6 Å². The number of imide groups is 2. The van der Waals surface area contributed by atoms with Crippen LogP contribution in [-0.4, -0.2) is 37.0 Å². The molecule has 4 rings (SSSR count). The summed E-state index contributed by atoms with van der Waals surface area (Å²) in [5.74, 6) is -1.35. The first-order chi connectivity index (χ1) is 18.7. The second kappa shape index (κ2) is 12.5. The summed E-state index contributed by atoms with van der Waals surface area (Å²) in [7, 11) is 0. The average Bonchev–Trinajstić information content (AvgIpc) is 2.88. The zero-order valence-corrected chi connectivity index (χ0v) is 24.2. The van der Waals surface area contributed by atoms with E-state index in [1.807, 2.05) is 6.92 Å². The number of carbonyl (C=O) groups excluding carboxylic acids is 4. The molecular weight excluding hydrogens is 658 g/mol. The molecule has 200 valence electrons. The molecule has 39 heavy (non-hydrogen) atoms. The van der Waals surface area contributed by atoms with Crippen LogP contribution < -0.4 is 25.0 Å². The van der Waals surface area contributed by atoms with E-state index in [1.54, 1.807) is 60.7 Å². The molecule has 1 aliphatic heterocycles. The number of urea groups is 1. The summed E-state index contributed by atoms with van der Waals surface area (Å²) in [6.07, 6.45) is 1.30. The van der Waals surface area contributed by atoms with Crippen molar-refractivity contribution in [1.29, 1.82) is 0 Å². The van der Waals surface area contributed by atoms with Gasteiger partial charge in [0, 0.05) is 20.7 Å². The Morgan fingerprint density at radius 1 is 1.03 bits per heavy atom. The summed E-state index contributed by atoms with van der Waals surface area (Å²) in [6.45, 7) is 1.93. The van der Waals surface area contributed by atoms with Crippen LogP contribution in [0.5, 0.6) is 11.5 Å². The molecule has 12 heteroatoms. The number of rotatable bonds is 8. The Kier molecular flexibility index (Phi) is 9.05. The van der Waals surface area contributed by atoms with Gasteiger partial charge in [-0.1, -0.05) is 27.5 Å². The molecule has 0 spiro atoms. The molecule has 0 saturated carbocycles. The molecule has 1 heterocycles. The van der Waals surface area contributed by atoms with Gasteiger partial charge in [-0.15, -0.1) is 0 Å². The van der Waals surface area contributed by atoms with E-state index in [2.05, 4.69) is 42.5 Å². The van der Waals surface area contributed by atoms with E-state index < -0.39 is 23.8 Å². The van der Waals surface area contributed by atoms with Crippen LogP contribution in [0.3, 0.4) is 0 Å². The Morgan fingerprint density at radius 2 is 1.72 bits per heavy atom. The van der Waals surface area contributed by atoms with Crippen molar-refractivity contribution in [1.82, 2.24) is 5.32 Å². The van der Waals surface area contributed by atoms with E-state index in [9.17, 15) is 19.2 Å². The summed E-state index contributed by atoms with van der Waals surface area (Å²) in [6, 6.07) is 15.3. The van der Waals surface area contributed by atoms with Gasteiger partial charge in [0.25, 0.3) is 17.7 Å². The lowest BCUT2D eigenvalue weighted by Crippen LogP contribution is -2.54. The Balaban J connectivity index is 1.60. The first-order valence-corrected chi connectivity index (χ1v) is 13.4. The van der Waals surface area contributed by atoms with E-state index in [1.165, 1.54) is 6.08 Å². The number of ether oxygens (including phenoxy) is 2. The van der Waals surface area contributed by atoms with Crippen molar-refractivity contribution < 1.29 is 28.7 Å². The summed E-state index contributed by atoms with van der Waals surface area (Å²) in [5, 5.41) is 5.41. The molecule has 0 unspecified atom stereocenters. The molecular formula is C27H20Br2ClN3O6. The van der Waals surface area contributed by atoms with Crippen molar-refractivity contribution in [3.63, 3.8) is 0 Å². The number of nitrogens with zero attached hydrogens (tertiary/aromatic N) is 1. The van der Waals surface area contributed by atoms with E-state index in [0.717, 1.165) is 4.90 Å². The van der Waals surface area contributed by atoms with Crippen molar-refractivity contribution in [2.75, 3.05) is 23.4 Å². The molecule has 1 aliphatic rings. The third kappa shape index (κ3) is 6.86. The molecule has 1 saturated heterocycles. The van der Waals surface area contributed by atoms with Gasteiger partial charge in [-0.05, 0) is 89.6 Å². The standard InChI is InChI=1S/C27H20Br2ClN3O6/c1-2-38-20-9-7-19(8-10-20)33-26(36)21(25(35)32-27(33)37)12-15-11-16(28)13-22(29)24(15)39-14-23(34)31-18-5-3-17(30)4-6-18/h3-13H,2,14H2,1H3,(H,31,34)(H,32,35,37)/b21-12+. The fourth-order valence-electron chi connectivity index (χ4n) is 3.61. The van der Waals surface area contributed by atoms with Crippen LogP contribution in [0.4, 0.5) is 16.2 Å². The van der Waals surface area contributed by atoms with E-state index >= 15 is 0 Å². The van der Waals surface area contributed by atoms with Crippen LogP contribution in [0.1, 0.15) is 12.5 Å². The molecule has 2 N–H and O–H groups in total.